The van der Waals surface area contributed by atoms with Gasteiger partial charge in [-0.15, -0.1) is 11.6 Å². The van der Waals surface area contributed by atoms with Gasteiger partial charge in [0.25, 0.3) is 0 Å². The van der Waals surface area contributed by atoms with Crippen LogP contribution in [0.25, 0.3) is 11.1 Å². The SMILES string of the molecule is Fc1cccc(CCl)c1-c1ccsc1. The van der Waals surface area contributed by atoms with E-state index in [9.17, 15) is 4.39 Å². The first-order chi connectivity index (χ1) is 6.83. The predicted octanol–water partition coefficient (Wildman–Crippen LogP) is 4.29. The fourth-order valence-corrected chi connectivity index (χ4v) is 2.28. The van der Waals surface area contributed by atoms with Crippen LogP contribution in [0.15, 0.2) is 35.0 Å². The van der Waals surface area contributed by atoms with Gasteiger partial charge in [-0.25, -0.2) is 4.39 Å². The van der Waals surface area contributed by atoms with Crippen LogP contribution >= 0.6 is 22.9 Å². The molecular formula is C11H8ClFS. The highest BCUT2D eigenvalue weighted by molar-refractivity contribution is 7.08. The predicted molar refractivity (Wildman–Crippen MR) is 59.3 cm³/mol. The Bertz CT molecular complexity index is 423. The van der Waals surface area contributed by atoms with Crippen LogP contribution in [0, 0.1) is 5.82 Å². The van der Waals surface area contributed by atoms with Crippen LogP contribution in [0.2, 0.25) is 0 Å². The summed E-state index contributed by atoms with van der Waals surface area (Å²) in [5, 5.41) is 3.86. The molecule has 0 atom stereocenters. The molecule has 0 aliphatic heterocycles. The van der Waals surface area contributed by atoms with Crippen LogP contribution in [-0.2, 0) is 5.88 Å². The molecule has 0 amide bonds. The van der Waals surface area contributed by atoms with Gasteiger partial charge in [0.05, 0.1) is 0 Å². The van der Waals surface area contributed by atoms with Crippen LogP contribution in [-0.4, -0.2) is 0 Å². The molecule has 0 unspecified atom stereocenters. The first-order valence-electron chi connectivity index (χ1n) is 4.19. The Morgan fingerprint density at radius 1 is 1.29 bits per heavy atom. The van der Waals surface area contributed by atoms with Crippen LogP contribution < -0.4 is 0 Å². The minimum absolute atomic E-state index is 0.207. The zero-order chi connectivity index (χ0) is 9.97. The number of alkyl halides is 1. The normalized spacial score (nSPS) is 10.4. The second-order valence-corrected chi connectivity index (χ2v) is 3.97. The van der Waals surface area contributed by atoms with Gasteiger partial charge in [-0.3, -0.25) is 0 Å². The van der Waals surface area contributed by atoms with Gasteiger partial charge in [0.1, 0.15) is 5.82 Å². The average Bonchev–Trinajstić information content (AvgIpc) is 2.70. The molecule has 2 rings (SSSR count). The lowest BCUT2D eigenvalue weighted by atomic mass is 10.0. The van der Waals surface area contributed by atoms with Crippen LogP contribution in [0.1, 0.15) is 5.56 Å². The third-order valence-corrected chi connectivity index (χ3v) is 3.02. The number of thiophene rings is 1. The van der Waals surface area contributed by atoms with E-state index in [1.165, 1.54) is 6.07 Å². The van der Waals surface area contributed by atoms with Crippen molar-refractivity contribution in [3.8, 4) is 11.1 Å². The Morgan fingerprint density at radius 2 is 2.14 bits per heavy atom. The summed E-state index contributed by atoms with van der Waals surface area (Å²) in [5.74, 6) is 0.129. The summed E-state index contributed by atoms with van der Waals surface area (Å²) in [5.41, 5.74) is 2.37. The van der Waals surface area contributed by atoms with Crippen molar-refractivity contribution in [2.45, 2.75) is 5.88 Å². The van der Waals surface area contributed by atoms with Gasteiger partial charge in [-0.05, 0) is 34.0 Å². The number of halogens is 2. The van der Waals surface area contributed by atoms with Crippen molar-refractivity contribution in [1.82, 2.24) is 0 Å². The van der Waals surface area contributed by atoms with E-state index in [4.69, 9.17) is 11.6 Å². The highest BCUT2D eigenvalue weighted by Gasteiger charge is 2.09. The van der Waals surface area contributed by atoms with E-state index in [0.717, 1.165) is 11.1 Å². The van der Waals surface area contributed by atoms with Crippen molar-refractivity contribution < 1.29 is 4.39 Å². The van der Waals surface area contributed by atoms with Gasteiger partial charge >= 0.3 is 0 Å². The lowest BCUT2D eigenvalue weighted by Crippen LogP contribution is -1.89. The zero-order valence-electron chi connectivity index (χ0n) is 7.34. The smallest absolute Gasteiger partial charge is 0.131 e. The number of hydrogen-bond donors (Lipinski definition) is 0. The van der Waals surface area contributed by atoms with Crippen LogP contribution in [0.5, 0.6) is 0 Å². The Morgan fingerprint density at radius 3 is 2.79 bits per heavy atom. The number of hydrogen-bond acceptors (Lipinski definition) is 1. The van der Waals surface area contributed by atoms with Crippen molar-refractivity contribution >= 4 is 22.9 Å². The summed E-state index contributed by atoms with van der Waals surface area (Å²) in [4.78, 5) is 0. The van der Waals surface area contributed by atoms with Gasteiger partial charge < -0.3 is 0 Å². The third kappa shape index (κ3) is 1.68. The highest BCUT2D eigenvalue weighted by Crippen LogP contribution is 2.29. The summed E-state index contributed by atoms with van der Waals surface area (Å²) >= 11 is 7.31. The summed E-state index contributed by atoms with van der Waals surface area (Å²) in [7, 11) is 0. The molecule has 0 saturated heterocycles. The maximum atomic E-state index is 13.5. The summed E-state index contributed by atoms with van der Waals surface area (Å²) in [6.07, 6.45) is 0. The largest absolute Gasteiger partial charge is 0.206 e. The molecule has 0 N–H and O–H groups in total. The molecule has 72 valence electrons. The molecule has 0 aliphatic carbocycles. The second-order valence-electron chi connectivity index (χ2n) is 2.92. The maximum Gasteiger partial charge on any atom is 0.131 e. The molecule has 3 heteroatoms. The van der Waals surface area contributed by atoms with Crippen LogP contribution in [0.4, 0.5) is 4.39 Å². The van der Waals surface area contributed by atoms with Crippen molar-refractivity contribution in [3.63, 3.8) is 0 Å². The molecule has 0 radical (unpaired) electrons. The molecular weight excluding hydrogens is 219 g/mol. The molecule has 0 bridgehead atoms. The molecule has 1 heterocycles. The van der Waals surface area contributed by atoms with E-state index in [1.54, 1.807) is 17.4 Å². The molecule has 0 nitrogen and oxygen atoms in total. The second kappa shape index (κ2) is 4.11. The van der Waals surface area contributed by atoms with Crippen molar-refractivity contribution in [3.05, 3.63) is 46.4 Å². The Labute approximate surface area is 91.0 Å². The van der Waals surface area contributed by atoms with E-state index in [1.807, 2.05) is 22.9 Å². The van der Waals surface area contributed by atoms with Crippen molar-refractivity contribution in [1.29, 1.82) is 0 Å². The van der Waals surface area contributed by atoms with Crippen LogP contribution in [0.3, 0.4) is 0 Å². The Kier molecular flexibility index (Phi) is 2.85. The molecule has 1 aromatic heterocycles. The minimum atomic E-state index is -0.207. The first kappa shape index (κ1) is 9.69. The average molecular weight is 227 g/mol. The van der Waals surface area contributed by atoms with Gasteiger partial charge in [-0.1, -0.05) is 12.1 Å². The van der Waals surface area contributed by atoms with E-state index < -0.39 is 0 Å². The molecule has 1 aromatic carbocycles. The van der Waals surface area contributed by atoms with Gasteiger partial charge in [0.2, 0.25) is 0 Å². The van der Waals surface area contributed by atoms with E-state index >= 15 is 0 Å². The topological polar surface area (TPSA) is 0 Å². The number of benzene rings is 1. The van der Waals surface area contributed by atoms with Gasteiger partial charge in [0.15, 0.2) is 0 Å². The molecule has 2 aromatic rings. The fourth-order valence-electron chi connectivity index (χ4n) is 1.41. The lowest BCUT2D eigenvalue weighted by Gasteiger charge is -2.05. The monoisotopic (exact) mass is 226 g/mol. The maximum absolute atomic E-state index is 13.5. The van der Waals surface area contributed by atoms with Gasteiger partial charge in [-0.2, -0.15) is 11.3 Å². The van der Waals surface area contributed by atoms with Gasteiger partial charge in [0, 0.05) is 11.4 Å². The zero-order valence-corrected chi connectivity index (χ0v) is 8.91. The Balaban J connectivity index is 2.61. The molecule has 0 saturated carbocycles. The third-order valence-electron chi connectivity index (χ3n) is 2.05. The summed E-state index contributed by atoms with van der Waals surface area (Å²) < 4.78 is 13.5. The fraction of sp³-hybridized carbons (Fsp3) is 0.0909. The highest BCUT2D eigenvalue weighted by atomic mass is 35.5. The molecule has 0 fully saturated rings. The van der Waals surface area contributed by atoms with Crippen molar-refractivity contribution in [2.24, 2.45) is 0 Å². The quantitative estimate of drug-likeness (QED) is 0.670. The molecule has 14 heavy (non-hydrogen) atoms. The standard InChI is InChI=1S/C11H8ClFS/c12-6-8-2-1-3-10(13)11(8)9-4-5-14-7-9/h1-5,7H,6H2. The van der Waals surface area contributed by atoms with Crippen molar-refractivity contribution in [2.75, 3.05) is 0 Å². The van der Waals surface area contributed by atoms with E-state index in [2.05, 4.69) is 0 Å². The first-order valence-corrected chi connectivity index (χ1v) is 5.66. The minimum Gasteiger partial charge on any atom is -0.206 e. The lowest BCUT2D eigenvalue weighted by molar-refractivity contribution is 0.630. The molecule has 0 spiro atoms. The summed E-state index contributed by atoms with van der Waals surface area (Å²) in [6, 6.07) is 6.90. The van der Waals surface area contributed by atoms with E-state index in [-0.39, 0.29) is 5.82 Å². The summed E-state index contributed by atoms with van der Waals surface area (Å²) in [6.45, 7) is 0. The Hall–Kier alpha value is -0.860. The molecule has 0 aliphatic rings. The van der Waals surface area contributed by atoms with E-state index in [0.29, 0.717) is 11.4 Å². The number of rotatable bonds is 2.